The van der Waals surface area contributed by atoms with Crippen LogP contribution in [-0.4, -0.2) is 30.6 Å². The van der Waals surface area contributed by atoms with E-state index in [0.717, 1.165) is 0 Å². The maximum atomic E-state index is 11.6. The van der Waals surface area contributed by atoms with Gasteiger partial charge in [-0.2, -0.15) is 5.10 Å². The van der Waals surface area contributed by atoms with E-state index in [1.165, 1.54) is 5.01 Å². The van der Waals surface area contributed by atoms with Gasteiger partial charge >= 0.3 is 0 Å². The zero-order chi connectivity index (χ0) is 11.7. The van der Waals surface area contributed by atoms with Gasteiger partial charge in [-0.25, -0.2) is 0 Å². The Morgan fingerprint density at radius 1 is 0.933 bits per heavy atom. The van der Waals surface area contributed by atoms with Crippen LogP contribution in [0.2, 0.25) is 0 Å². The van der Waals surface area contributed by atoms with Gasteiger partial charge in [0.05, 0.1) is 15.1 Å². The highest BCUT2D eigenvalue weighted by Crippen LogP contribution is 2.35. The molecule has 0 aromatic rings. The Kier molecular flexibility index (Phi) is 4.06. The van der Waals surface area contributed by atoms with Crippen LogP contribution in [0.5, 0.6) is 0 Å². The molecule has 0 aromatic heterocycles. The highest BCUT2D eigenvalue weighted by atomic mass is 35.5. The van der Waals surface area contributed by atoms with Crippen molar-refractivity contribution >= 4 is 57.9 Å². The average Bonchev–Trinajstić information content (AvgIpc) is 2.18. The fourth-order valence-electron chi connectivity index (χ4n) is 0.889. The molecular weight excluding hydrogens is 282 g/mol. The van der Waals surface area contributed by atoms with Crippen molar-refractivity contribution in [1.82, 2.24) is 5.01 Å². The van der Waals surface area contributed by atoms with Crippen molar-refractivity contribution in [3.8, 4) is 0 Å². The van der Waals surface area contributed by atoms with Crippen molar-refractivity contribution < 1.29 is 4.79 Å². The number of allylic oxidation sites excluding steroid dienone is 4. The Hall–Kier alpha value is -0.220. The standard InChI is InChI=1S/C8H6Cl4N2O/c1-14(2)13-7-5(11)3(9)4(10)6(12)8(7)15/h1-2H3. The van der Waals surface area contributed by atoms with Gasteiger partial charge in [0.15, 0.2) is 5.71 Å². The topological polar surface area (TPSA) is 32.7 Å². The fraction of sp³-hybridized carbons (Fsp3) is 0.250. The minimum Gasteiger partial charge on any atom is -0.302 e. The molecule has 3 nitrogen and oxygen atoms in total. The molecule has 0 spiro atoms. The Morgan fingerprint density at radius 2 is 1.40 bits per heavy atom. The van der Waals surface area contributed by atoms with Crippen LogP contribution in [0.15, 0.2) is 25.2 Å². The number of ketones is 1. The molecule has 0 fully saturated rings. The van der Waals surface area contributed by atoms with Crippen molar-refractivity contribution in [2.45, 2.75) is 0 Å². The zero-order valence-corrected chi connectivity index (χ0v) is 10.8. The molecule has 0 radical (unpaired) electrons. The zero-order valence-electron chi connectivity index (χ0n) is 7.81. The minimum absolute atomic E-state index is 0.00441. The monoisotopic (exact) mass is 286 g/mol. The van der Waals surface area contributed by atoms with Gasteiger partial charge in [0.1, 0.15) is 5.03 Å². The van der Waals surface area contributed by atoms with Crippen LogP contribution >= 0.6 is 46.4 Å². The second-order valence-corrected chi connectivity index (χ2v) is 4.39. The van der Waals surface area contributed by atoms with Gasteiger partial charge in [-0.15, -0.1) is 0 Å². The first kappa shape index (κ1) is 12.8. The van der Waals surface area contributed by atoms with Gasteiger partial charge in [-0.1, -0.05) is 46.4 Å². The first-order valence-electron chi connectivity index (χ1n) is 3.78. The third-order valence-electron chi connectivity index (χ3n) is 1.50. The number of Topliss-reactive ketones (excluding diaryl/α,β-unsaturated/α-hetero) is 1. The van der Waals surface area contributed by atoms with Gasteiger partial charge in [0.2, 0.25) is 5.78 Å². The van der Waals surface area contributed by atoms with Crippen molar-refractivity contribution in [2.24, 2.45) is 5.10 Å². The summed E-state index contributed by atoms with van der Waals surface area (Å²) in [6, 6.07) is 0. The van der Waals surface area contributed by atoms with Crippen molar-refractivity contribution in [2.75, 3.05) is 14.1 Å². The molecule has 0 atom stereocenters. The van der Waals surface area contributed by atoms with Crippen LogP contribution in [0.1, 0.15) is 0 Å². The summed E-state index contributed by atoms with van der Waals surface area (Å²) in [4.78, 5) is 11.6. The van der Waals surface area contributed by atoms with Crippen LogP contribution in [0.25, 0.3) is 0 Å². The lowest BCUT2D eigenvalue weighted by Gasteiger charge is -2.15. The van der Waals surface area contributed by atoms with Crippen LogP contribution in [-0.2, 0) is 4.79 Å². The summed E-state index contributed by atoms with van der Waals surface area (Å²) in [6.45, 7) is 0. The summed E-state index contributed by atoms with van der Waals surface area (Å²) < 4.78 is 0. The van der Waals surface area contributed by atoms with E-state index in [-0.39, 0.29) is 25.8 Å². The van der Waals surface area contributed by atoms with E-state index < -0.39 is 5.78 Å². The van der Waals surface area contributed by atoms with Crippen molar-refractivity contribution in [3.05, 3.63) is 20.1 Å². The maximum Gasteiger partial charge on any atom is 0.227 e. The molecule has 1 aliphatic carbocycles. The van der Waals surface area contributed by atoms with Crippen LogP contribution in [0.4, 0.5) is 0 Å². The number of hydrogen-bond acceptors (Lipinski definition) is 3. The quantitative estimate of drug-likeness (QED) is 0.549. The van der Waals surface area contributed by atoms with E-state index >= 15 is 0 Å². The van der Waals surface area contributed by atoms with E-state index in [1.807, 2.05) is 0 Å². The van der Waals surface area contributed by atoms with E-state index in [1.54, 1.807) is 14.1 Å². The molecular formula is C8H6Cl4N2O. The predicted molar refractivity (Wildman–Crippen MR) is 63.6 cm³/mol. The molecule has 0 aromatic carbocycles. The molecule has 15 heavy (non-hydrogen) atoms. The summed E-state index contributed by atoms with van der Waals surface area (Å²) in [7, 11) is 3.29. The Morgan fingerprint density at radius 3 is 1.87 bits per heavy atom. The number of hydrazone groups is 1. The molecule has 82 valence electrons. The first-order chi connectivity index (χ1) is 6.86. The smallest absolute Gasteiger partial charge is 0.227 e. The summed E-state index contributed by atoms with van der Waals surface area (Å²) in [5.74, 6) is -0.537. The molecule has 7 heteroatoms. The Balaban J connectivity index is 3.33. The fourth-order valence-corrected chi connectivity index (χ4v) is 1.75. The number of hydrogen-bond donors (Lipinski definition) is 0. The lowest BCUT2D eigenvalue weighted by molar-refractivity contribution is -0.109. The number of rotatable bonds is 1. The van der Waals surface area contributed by atoms with Crippen molar-refractivity contribution in [3.63, 3.8) is 0 Å². The van der Waals surface area contributed by atoms with Crippen LogP contribution < -0.4 is 0 Å². The van der Waals surface area contributed by atoms with Gasteiger partial charge in [0.25, 0.3) is 0 Å². The predicted octanol–water partition coefficient (Wildman–Crippen LogP) is 2.87. The Labute approximate surface area is 107 Å². The minimum atomic E-state index is -0.537. The molecule has 0 saturated carbocycles. The molecule has 0 saturated heterocycles. The van der Waals surface area contributed by atoms with E-state index in [9.17, 15) is 4.79 Å². The third-order valence-corrected chi connectivity index (χ3v) is 3.28. The van der Waals surface area contributed by atoms with Gasteiger partial charge < -0.3 is 5.01 Å². The molecule has 0 unspecified atom stereocenters. The highest BCUT2D eigenvalue weighted by molar-refractivity contribution is 6.74. The van der Waals surface area contributed by atoms with E-state index in [2.05, 4.69) is 5.10 Å². The molecule has 1 rings (SSSR count). The average molecular weight is 288 g/mol. The van der Waals surface area contributed by atoms with Crippen molar-refractivity contribution in [1.29, 1.82) is 0 Å². The molecule has 0 aliphatic heterocycles. The molecule has 0 N–H and O–H groups in total. The molecule has 0 bridgehead atoms. The molecule has 0 amide bonds. The molecule has 0 heterocycles. The second-order valence-electron chi connectivity index (χ2n) is 2.88. The highest BCUT2D eigenvalue weighted by Gasteiger charge is 2.30. The summed E-state index contributed by atoms with van der Waals surface area (Å²) in [5, 5.41) is 5.11. The molecule has 1 aliphatic rings. The SMILES string of the molecule is CN(C)N=C1C(=O)C(Cl)=C(Cl)C(Cl)=C1Cl. The maximum absolute atomic E-state index is 11.6. The van der Waals surface area contributed by atoms with E-state index in [4.69, 9.17) is 46.4 Å². The lowest BCUT2D eigenvalue weighted by atomic mass is 10.1. The van der Waals surface area contributed by atoms with Gasteiger partial charge in [-0.05, 0) is 0 Å². The van der Waals surface area contributed by atoms with Crippen LogP contribution in [0.3, 0.4) is 0 Å². The third kappa shape index (κ3) is 2.48. The first-order valence-corrected chi connectivity index (χ1v) is 5.29. The number of halogens is 4. The normalized spacial score (nSPS) is 20.4. The number of carbonyl (C=O) groups is 1. The summed E-state index contributed by atoms with van der Waals surface area (Å²) >= 11 is 23.0. The summed E-state index contributed by atoms with van der Waals surface area (Å²) in [6.07, 6.45) is 0. The summed E-state index contributed by atoms with van der Waals surface area (Å²) in [5.41, 5.74) is -0.0129. The number of nitrogens with zero attached hydrogens (tertiary/aromatic N) is 2. The number of carbonyl (C=O) groups excluding carboxylic acids is 1. The van der Waals surface area contributed by atoms with E-state index in [0.29, 0.717) is 0 Å². The van der Waals surface area contributed by atoms with Gasteiger partial charge in [-0.3, -0.25) is 4.79 Å². The van der Waals surface area contributed by atoms with Gasteiger partial charge in [0, 0.05) is 14.1 Å². The largest absolute Gasteiger partial charge is 0.302 e. The lowest BCUT2D eigenvalue weighted by Crippen LogP contribution is -2.23. The second kappa shape index (κ2) is 4.74. The Bertz CT molecular complexity index is 409. The van der Waals surface area contributed by atoms with Crippen LogP contribution in [0, 0.1) is 0 Å².